The van der Waals surface area contributed by atoms with Gasteiger partial charge >= 0.3 is 5.97 Å². The molecule has 0 aliphatic carbocycles. The molecule has 0 aliphatic heterocycles. The quantitative estimate of drug-likeness (QED) is 0.314. The van der Waals surface area contributed by atoms with Crippen LogP contribution in [0.4, 0.5) is 0 Å². The van der Waals surface area contributed by atoms with E-state index >= 15 is 0 Å². The Labute approximate surface area is 77.2 Å². The number of nitrogens with zero attached hydrogens (tertiary/aromatic N) is 1. The molecule has 0 fully saturated rings. The molecule has 0 saturated carbocycles. The Morgan fingerprint density at radius 1 is 1.67 bits per heavy atom. The Morgan fingerprint density at radius 3 is 2.58 bits per heavy atom. The molecule has 0 atom stereocenters. The van der Waals surface area contributed by atoms with E-state index in [0.29, 0.717) is 10.6 Å². The van der Waals surface area contributed by atoms with Crippen LogP contribution in [-0.2, 0) is 9.53 Å². The lowest BCUT2D eigenvalue weighted by atomic mass is 10.3. The lowest BCUT2D eigenvalue weighted by molar-refractivity contribution is -0.135. The minimum Gasteiger partial charge on any atom is -0.465 e. The molecule has 0 N–H and O–H groups in total. The third kappa shape index (κ3) is 3.98. The van der Waals surface area contributed by atoms with Crippen molar-refractivity contribution in [3.8, 4) is 0 Å². The van der Waals surface area contributed by atoms with Gasteiger partial charge in [-0.15, -0.1) is 12.6 Å². The van der Waals surface area contributed by atoms with Crippen molar-refractivity contribution < 1.29 is 9.53 Å². The highest BCUT2D eigenvalue weighted by atomic mass is 32.1. The monoisotopic (exact) mass is 185 g/mol. The maximum absolute atomic E-state index is 10.9. The lowest BCUT2D eigenvalue weighted by Gasteiger charge is -1.96. The standard InChI is InChI=1S/C8H11NO2S/c1-4-7(8(10)11-3)5-9-6(2)12/h4-5,12H,2H2,1,3H3/b7-4+,9-5-. The summed E-state index contributed by atoms with van der Waals surface area (Å²) in [5, 5.41) is 0.346. The number of methoxy groups -OCH3 is 1. The van der Waals surface area contributed by atoms with Gasteiger partial charge in [0.1, 0.15) is 0 Å². The zero-order chi connectivity index (χ0) is 9.56. The van der Waals surface area contributed by atoms with Gasteiger partial charge in [0.05, 0.1) is 17.7 Å². The van der Waals surface area contributed by atoms with Crippen LogP contribution in [0.5, 0.6) is 0 Å². The minimum absolute atomic E-state index is 0.346. The van der Waals surface area contributed by atoms with Crippen molar-refractivity contribution in [2.24, 2.45) is 4.99 Å². The van der Waals surface area contributed by atoms with Crippen LogP contribution in [0.25, 0.3) is 0 Å². The molecule has 0 aromatic carbocycles. The summed E-state index contributed by atoms with van der Waals surface area (Å²) in [4.78, 5) is 14.7. The summed E-state index contributed by atoms with van der Waals surface area (Å²) < 4.78 is 4.48. The van der Waals surface area contributed by atoms with Gasteiger partial charge in [0, 0.05) is 6.21 Å². The first-order valence-corrected chi connectivity index (χ1v) is 3.73. The topological polar surface area (TPSA) is 38.7 Å². The summed E-state index contributed by atoms with van der Waals surface area (Å²) in [7, 11) is 1.31. The molecule has 0 spiro atoms. The highest BCUT2D eigenvalue weighted by molar-refractivity contribution is 7.84. The van der Waals surface area contributed by atoms with Gasteiger partial charge in [-0.3, -0.25) is 0 Å². The molecule has 12 heavy (non-hydrogen) atoms. The number of allylic oxidation sites excluding steroid dienone is 1. The number of ether oxygens (including phenoxy) is 1. The van der Waals surface area contributed by atoms with Gasteiger partial charge in [-0.1, -0.05) is 12.7 Å². The lowest BCUT2D eigenvalue weighted by Crippen LogP contribution is -2.05. The molecule has 0 radical (unpaired) electrons. The van der Waals surface area contributed by atoms with Crippen molar-refractivity contribution in [3.63, 3.8) is 0 Å². The van der Waals surface area contributed by atoms with Crippen LogP contribution in [-0.4, -0.2) is 19.3 Å². The number of thiol groups is 1. The van der Waals surface area contributed by atoms with Crippen molar-refractivity contribution in [1.29, 1.82) is 0 Å². The van der Waals surface area contributed by atoms with Crippen molar-refractivity contribution in [2.45, 2.75) is 6.92 Å². The summed E-state index contributed by atoms with van der Waals surface area (Å²) >= 11 is 3.84. The average molecular weight is 185 g/mol. The molecule has 66 valence electrons. The van der Waals surface area contributed by atoms with Crippen molar-refractivity contribution in [2.75, 3.05) is 7.11 Å². The minimum atomic E-state index is -0.421. The number of esters is 1. The Kier molecular flexibility index (Phi) is 5.12. The van der Waals surface area contributed by atoms with E-state index in [0.717, 1.165) is 0 Å². The molecule has 0 aromatic rings. The summed E-state index contributed by atoms with van der Waals surface area (Å²) in [5.74, 6) is -0.421. The van der Waals surface area contributed by atoms with E-state index in [9.17, 15) is 4.79 Å². The molecule has 0 aliphatic rings. The van der Waals surface area contributed by atoms with Crippen LogP contribution < -0.4 is 0 Å². The molecule has 0 unspecified atom stereocenters. The van der Waals surface area contributed by atoms with E-state index in [1.165, 1.54) is 13.3 Å². The molecule has 0 saturated heterocycles. The van der Waals surface area contributed by atoms with Crippen molar-refractivity contribution in [3.05, 3.63) is 23.3 Å². The molecular formula is C8H11NO2S. The van der Waals surface area contributed by atoms with Crippen LogP contribution in [0.2, 0.25) is 0 Å². The zero-order valence-electron chi connectivity index (χ0n) is 7.07. The van der Waals surface area contributed by atoms with E-state index in [2.05, 4.69) is 28.9 Å². The predicted molar refractivity (Wildman–Crippen MR) is 52.4 cm³/mol. The first-order chi connectivity index (χ1) is 5.61. The summed E-state index contributed by atoms with van der Waals surface area (Å²) in [5.41, 5.74) is 0.382. The molecule has 4 heteroatoms. The first-order valence-electron chi connectivity index (χ1n) is 3.28. The van der Waals surface area contributed by atoms with Gasteiger partial charge in [-0.25, -0.2) is 9.79 Å². The number of carbonyl (C=O) groups excluding carboxylic acids is 1. The highest BCUT2D eigenvalue weighted by Gasteiger charge is 2.03. The highest BCUT2D eigenvalue weighted by Crippen LogP contribution is 1.99. The van der Waals surface area contributed by atoms with Crippen molar-refractivity contribution >= 4 is 24.8 Å². The SMILES string of the molecule is C=C(S)/N=C\C(=C/C)C(=O)OC. The molecule has 0 aromatic heterocycles. The van der Waals surface area contributed by atoms with Crippen LogP contribution in [0.3, 0.4) is 0 Å². The van der Waals surface area contributed by atoms with E-state index in [-0.39, 0.29) is 0 Å². The van der Waals surface area contributed by atoms with Gasteiger partial charge in [0.25, 0.3) is 0 Å². The van der Waals surface area contributed by atoms with Crippen LogP contribution >= 0.6 is 12.6 Å². The fourth-order valence-electron chi connectivity index (χ4n) is 0.507. The second kappa shape index (κ2) is 5.60. The Bertz CT molecular complexity index is 243. The Morgan fingerprint density at radius 2 is 2.25 bits per heavy atom. The Hall–Kier alpha value is -1.03. The molecular weight excluding hydrogens is 174 g/mol. The van der Waals surface area contributed by atoms with E-state index in [1.54, 1.807) is 13.0 Å². The first kappa shape index (κ1) is 11.0. The number of hydrogen-bond acceptors (Lipinski definition) is 4. The van der Waals surface area contributed by atoms with Crippen LogP contribution in [0.15, 0.2) is 28.2 Å². The van der Waals surface area contributed by atoms with Crippen LogP contribution in [0.1, 0.15) is 6.92 Å². The van der Waals surface area contributed by atoms with Gasteiger partial charge in [0.2, 0.25) is 0 Å². The molecule has 3 nitrogen and oxygen atoms in total. The maximum Gasteiger partial charge on any atom is 0.339 e. The summed E-state index contributed by atoms with van der Waals surface area (Å²) in [6.07, 6.45) is 2.97. The summed E-state index contributed by atoms with van der Waals surface area (Å²) in [6, 6.07) is 0. The van der Waals surface area contributed by atoms with Crippen LogP contribution in [0, 0.1) is 0 Å². The largest absolute Gasteiger partial charge is 0.465 e. The second-order valence-electron chi connectivity index (χ2n) is 1.91. The summed E-state index contributed by atoms with van der Waals surface area (Å²) in [6.45, 7) is 5.16. The third-order valence-electron chi connectivity index (χ3n) is 1.08. The number of rotatable bonds is 3. The van der Waals surface area contributed by atoms with E-state index in [4.69, 9.17) is 0 Å². The average Bonchev–Trinajstić information content (AvgIpc) is 2.04. The predicted octanol–water partition coefficient (Wildman–Crippen LogP) is 1.58. The maximum atomic E-state index is 10.9. The smallest absolute Gasteiger partial charge is 0.339 e. The van der Waals surface area contributed by atoms with Crippen molar-refractivity contribution in [1.82, 2.24) is 0 Å². The fourth-order valence-corrected chi connectivity index (χ4v) is 0.565. The van der Waals surface area contributed by atoms with Gasteiger partial charge in [-0.05, 0) is 6.92 Å². The van der Waals surface area contributed by atoms with E-state index < -0.39 is 5.97 Å². The van der Waals surface area contributed by atoms with E-state index in [1.807, 2.05) is 0 Å². The molecule has 0 bridgehead atoms. The normalized spacial score (nSPS) is 11.8. The Balaban J connectivity index is 4.40. The zero-order valence-corrected chi connectivity index (χ0v) is 7.97. The third-order valence-corrected chi connectivity index (χ3v) is 1.20. The number of hydrogen-bond donors (Lipinski definition) is 1. The fraction of sp³-hybridized carbons (Fsp3) is 0.250. The number of aliphatic imine (C=N–C) groups is 1. The van der Waals surface area contributed by atoms with Gasteiger partial charge in [-0.2, -0.15) is 0 Å². The molecule has 0 rings (SSSR count). The second-order valence-corrected chi connectivity index (χ2v) is 2.43. The molecule has 0 heterocycles. The molecule has 0 amide bonds. The number of carbonyl (C=O) groups is 1. The van der Waals surface area contributed by atoms with Gasteiger partial charge < -0.3 is 4.74 Å². The van der Waals surface area contributed by atoms with Gasteiger partial charge in [0.15, 0.2) is 0 Å².